The van der Waals surface area contributed by atoms with Crippen molar-refractivity contribution in [2.24, 2.45) is 0 Å². The van der Waals surface area contributed by atoms with Crippen molar-refractivity contribution in [1.82, 2.24) is 5.32 Å². The summed E-state index contributed by atoms with van der Waals surface area (Å²) in [5, 5.41) is 4.33. The summed E-state index contributed by atoms with van der Waals surface area (Å²) in [5.41, 5.74) is 3.52. The summed E-state index contributed by atoms with van der Waals surface area (Å²) in [7, 11) is 0. The Morgan fingerprint density at radius 1 is 1.21 bits per heavy atom. The Balaban J connectivity index is 2.45. The van der Waals surface area contributed by atoms with Crippen molar-refractivity contribution in [3.63, 3.8) is 0 Å². The van der Waals surface area contributed by atoms with E-state index in [9.17, 15) is 0 Å². The summed E-state index contributed by atoms with van der Waals surface area (Å²) in [5.74, 6) is 0. The normalized spacial score (nSPS) is 12.4. The lowest BCUT2D eigenvalue weighted by atomic mass is 9.98. The van der Waals surface area contributed by atoms with Gasteiger partial charge in [0, 0.05) is 9.50 Å². The van der Waals surface area contributed by atoms with Crippen molar-refractivity contribution in [2.45, 2.75) is 19.9 Å². The summed E-state index contributed by atoms with van der Waals surface area (Å²) >= 11 is 9.87. The molecule has 0 amide bonds. The largest absolute Gasteiger partial charge is 0.306 e. The Morgan fingerprint density at radius 3 is 2.58 bits per heavy atom. The van der Waals surface area contributed by atoms with Gasteiger partial charge in [0.05, 0.1) is 6.04 Å². The van der Waals surface area contributed by atoms with E-state index in [1.807, 2.05) is 19.1 Å². The van der Waals surface area contributed by atoms with Crippen molar-refractivity contribution >= 4 is 27.5 Å². The molecule has 1 nitrogen and oxygen atoms in total. The monoisotopic (exact) mass is 337 g/mol. The van der Waals surface area contributed by atoms with Crippen LogP contribution in [0.1, 0.15) is 29.7 Å². The highest BCUT2D eigenvalue weighted by Crippen LogP contribution is 2.30. The molecule has 0 saturated heterocycles. The van der Waals surface area contributed by atoms with Crippen molar-refractivity contribution < 1.29 is 0 Å². The maximum absolute atomic E-state index is 6.25. The molecule has 2 aromatic rings. The molecule has 0 bridgehead atoms. The number of aryl methyl sites for hydroxylation is 1. The minimum absolute atomic E-state index is 0.152. The number of hydrogen-bond donors (Lipinski definition) is 1. The quantitative estimate of drug-likeness (QED) is 0.817. The lowest BCUT2D eigenvalue weighted by Crippen LogP contribution is -2.22. The third-order valence-corrected chi connectivity index (χ3v) is 4.28. The molecule has 0 aliphatic heterocycles. The van der Waals surface area contributed by atoms with Crippen molar-refractivity contribution in [3.05, 3.63) is 68.7 Å². The zero-order valence-electron chi connectivity index (χ0n) is 11.1. The van der Waals surface area contributed by atoms with E-state index in [0.29, 0.717) is 0 Å². The molecule has 0 aliphatic carbocycles. The van der Waals surface area contributed by atoms with E-state index >= 15 is 0 Å². The highest BCUT2D eigenvalue weighted by Gasteiger charge is 2.16. The van der Waals surface area contributed by atoms with Crippen LogP contribution in [-0.4, -0.2) is 6.54 Å². The zero-order chi connectivity index (χ0) is 13.8. The van der Waals surface area contributed by atoms with Gasteiger partial charge in [-0.2, -0.15) is 0 Å². The number of rotatable bonds is 4. The second kappa shape index (κ2) is 6.56. The highest BCUT2D eigenvalue weighted by molar-refractivity contribution is 9.10. The molecule has 3 heteroatoms. The molecular formula is C16H17BrClN. The molecule has 1 unspecified atom stereocenters. The number of benzene rings is 2. The third kappa shape index (κ3) is 3.38. The van der Waals surface area contributed by atoms with Crippen LogP contribution in [0.4, 0.5) is 0 Å². The van der Waals surface area contributed by atoms with Crippen molar-refractivity contribution in [3.8, 4) is 0 Å². The maximum atomic E-state index is 6.25. The molecule has 0 heterocycles. The zero-order valence-corrected chi connectivity index (χ0v) is 13.4. The van der Waals surface area contributed by atoms with Crippen LogP contribution < -0.4 is 5.32 Å². The van der Waals surface area contributed by atoms with Crippen LogP contribution >= 0.6 is 27.5 Å². The summed E-state index contributed by atoms with van der Waals surface area (Å²) < 4.78 is 1.11. The summed E-state index contributed by atoms with van der Waals surface area (Å²) in [4.78, 5) is 0. The lowest BCUT2D eigenvalue weighted by Gasteiger charge is -2.21. The van der Waals surface area contributed by atoms with Gasteiger partial charge in [-0.1, -0.05) is 64.8 Å². The fourth-order valence-electron chi connectivity index (χ4n) is 2.11. The van der Waals surface area contributed by atoms with Gasteiger partial charge in [-0.25, -0.2) is 0 Å². The Bertz CT molecular complexity index is 568. The molecule has 2 rings (SSSR count). The van der Waals surface area contributed by atoms with Crippen LogP contribution in [0.25, 0.3) is 0 Å². The molecular weight excluding hydrogens is 322 g/mol. The third-order valence-electron chi connectivity index (χ3n) is 3.15. The molecule has 1 atom stereocenters. The molecule has 0 radical (unpaired) electrons. The van der Waals surface area contributed by atoms with E-state index in [-0.39, 0.29) is 6.04 Å². The van der Waals surface area contributed by atoms with E-state index in [2.05, 4.69) is 58.5 Å². The summed E-state index contributed by atoms with van der Waals surface area (Å²) in [6, 6.07) is 14.7. The number of halogens is 2. The fraction of sp³-hybridized carbons (Fsp3) is 0.250. The molecule has 1 N–H and O–H groups in total. The number of nitrogens with one attached hydrogen (secondary N) is 1. The fourth-order valence-corrected chi connectivity index (χ4v) is 2.81. The second-order valence-corrected chi connectivity index (χ2v) is 5.78. The van der Waals surface area contributed by atoms with E-state index in [0.717, 1.165) is 21.6 Å². The van der Waals surface area contributed by atoms with Gasteiger partial charge >= 0.3 is 0 Å². The van der Waals surface area contributed by atoms with Crippen LogP contribution in [0.2, 0.25) is 5.02 Å². The minimum atomic E-state index is 0.152. The van der Waals surface area contributed by atoms with Crippen LogP contribution in [0.5, 0.6) is 0 Å². The molecule has 0 spiro atoms. The topological polar surface area (TPSA) is 12.0 Å². The van der Waals surface area contributed by atoms with Crippen LogP contribution in [-0.2, 0) is 0 Å². The van der Waals surface area contributed by atoms with Gasteiger partial charge in [0.2, 0.25) is 0 Å². The summed E-state index contributed by atoms with van der Waals surface area (Å²) in [6.45, 7) is 5.03. The Hall–Kier alpha value is -0.830. The Morgan fingerprint density at radius 2 is 1.95 bits per heavy atom. The predicted octanol–water partition coefficient (Wildman–Crippen LogP) is 5.11. The smallest absolute Gasteiger partial charge is 0.0588 e. The van der Waals surface area contributed by atoms with E-state index < -0.39 is 0 Å². The second-order valence-electron chi connectivity index (χ2n) is 4.52. The van der Waals surface area contributed by atoms with Crippen LogP contribution in [0.15, 0.2) is 46.9 Å². The molecule has 0 fully saturated rings. The van der Waals surface area contributed by atoms with Gasteiger partial charge in [0.1, 0.15) is 0 Å². The van der Waals surface area contributed by atoms with Gasteiger partial charge in [-0.05, 0) is 42.3 Å². The Kier molecular flexibility index (Phi) is 5.03. The van der Waals surface area contributed by atoms with E-state index in [1.54, 1.807) is 0 Å². The molecule has 19 heavy (non-hydrogen) atoms. The molecule has 0 aliphatic rings. The van der Waals surface area contributed by atoms with Gasteiger partial charge in [-0.15, -0.1) is 0 Å². The average Bonchev–Trinajstić information content (AvgIpc) is 2.40. The predicted molar refractivity (Wildman–Crippen MR) is 85.9 cm³/mol. The van der Waals surface area contributed by atoms with Gasteiger partial charge in [0.15, 0.2) is 0 Å². The average molecular weight is 339 g/mol. The molecule has 2 aromatic carbocycles. The van der Waals surface area contributed by atoms with Gasteiger partial charge in [0.25, 0.3) is 0 Å². The van der Waals surface area contributed by atoms with Gasteiger partial charge in [-0.3, -0.25) is 0 Å². The van der Waals surface area contributed by atoms with Crippen molar-refractivity contribution in [2.75, 3.05) is 6.54 Å². The van der Waals surface area contributed by atoms with E-state index in [1.165, 1.54) is 11.1 Å². The highest BCUT2D eigenvalue weighted by atomic mass is 79.9. The van der Waals surface area contributed by atoms with Crippen molar-refractivity contribution in [1.29, 1.82) is 0 Å². The first kappa shape index (κ1) is 14.6. The maximum Gasteiger partial charge on any atom is 0.0588 e. The molecule has 0 saturated carbocycles. The molecule has 100 valence electrons. The summed E-state index contributed by atoms with van der Waals surface area (Å²) in [6.07, 6.45) is 0. The minimum Gasteiger partial charge on any atom is -0.306 e. The number of hydrogen-bond acceptors (Lipinski definition) is 1. The van der Waals surface area contributed by atoms with Crippen LogP contribution in [0.3, 0.4) is 0 Å². The van der Waals surface area contributed by atoms with Gasteiger partial charge < -0.3 is 5.32 Å². The first-order valence-electron chi connectivity index (χ1n) is 6.37. The SMILES string of the molecule is CCNC(c1ccc(C)c(Cl)c1)c1ccccc1Br. The lowest BCUT2D eigenvalue weighted by molar-refractivity contribution is 0.628. The Labute approximate surface area is 128 Å². The van der Waals surface area contributed by atoms with Crippen LogP contribution in [0, 0.1) is 6.92 Å². The standard InChI is InChI=1S/C16H17BrClN/c1-3-19-16(13-6-4-5-7-14(13)17)12-9-8-11(2)15(18)10-12/h4-10,16,19H,3H2,1-2H3. The molecule has 0 aromatic heterocycles. The first-order chi connectivity index (χ1) is 9.13. The van der Waals surface area contributed by atoms with E-state index in [4.69, 9.17) is 11.6 Å². The first-order valence-corrected chi connectivity index (χ1v) is 7.54.